The van der Waals surface area contributed by atoms with Crippen LogP contribution in [0.15, 0.2) is 54.6 Å². The average molecular weight is 286 g/mol. The summed E-state index contributed by atoms with van der Waals surface area (Å²) in [5.41, 5.74) is 0.140. The highest BCUT2D eigenvalue weighted by molar-refractivity contribution is 5.82. The highest BCUT2D eigenvalue weighted by Gasteiger charge is 2.37. The Bertz CT molecular complexity index is 574. The zero-order chi connectivity index (χ0) is 15.3. The number of hydrogen-bond donors (Lipinski definition) is 0. The monoisotopic (exact) mass is 286 g/mol. The van der Waals surface area contributed by atoms with Crippen molar-refractivity contribution in [3.63, 3.8) is 0 Å². The van der Waals surface area contributed by atoms with Crippen molar-refractivity contribution in [3.05, 3.63) is 60.2 Å². The average Bonchev–Trinajstić information content (AvgIpc) is 2.47. The summed E-state index contributed by atoms with van der Waals surface area (Å²) < 4.78 is 10.2. The van der Waals surface area contributed by atoms with E-state index < -0.39 is 11.6 Å². The van der Waals surface area contributed by atoms with Crippen LogP contribution in [0.2, 0.25) is 0 Å². The molecule has 0 unspecified atom stereocenters. The van der Waals surface area contributed by atoms with Gasteiger partial charge < -0.3 is 9.47 Å². The maximum absolute atomic E-state index is 11.6. The van der Waals surface area contributed by atoms with E-state index in [1.54, 1.807) is 12.2 Å². The number of rotatable bonds is 4. The van der Waals surface area contributed by atoms with Gasteiger partial charge in [0.25, 0.3) is 0 Å². The summed E-state index contributed by atoms with van der Waals surface area (Å²) in [5.74, 6) is -0.976. The molecule has 1 aliphatic heterocycles. The van der Waals surface area contributed by atoms with E-state index in [-0.39, 0.29) is 18.3 Å². The van der Waals surface area contributed by atoms with Crippen molar-refractivity contribution in [1.82, 2.24) is 0 Å². The van der Waals surface area contributed by atoms with E-state index in [0.29, 0.717) is 0 Å². The Morgan fingerprint density at radius 2 is 2.10 bits per heavy atom. The van der Waals surface area contributed by atoms with Gasteiger partial charge in [-0.25, -0.2) is 4.79 Å². The van der Waals surface area contributed by atoms with Crippen LogP contribution in [-0.2, 0) is 19.1 Å². The normalized spacial score (nSPS) is 22.9. The molecule has 0 radical (unpaired) electrons. The van der Waals surface area contributed by atoms with E-state index in [9.17, 15) is 9.59 Å². The molecule has 0 saturated heterocycles. The number of methoxy groups -OCH3 is 1. The SMILES string of the molecule is COC(=O)/C=C/[C@@H](c1ccccc1)[C@@]1(C)C=CCC(=O)O1. The second kappa shape index (κ2) is 6.39. The molecule has 0 amide bonds. The third kappa shape index (κ3) is 3.60. The minimum absolute atomic E-state index is 0.265. The number of benzene rings is 1. The van der Waals surface area contributed by atoms with Gasteiger partial charge in [-0.3, -0.25) is 4.79 Å². The lowest BCUT2D eigenvalue weighted by Crippen LogP contribution is -2.37. The van der Waals surface area contributed by atoms with Gasteiger partial charge in [-0.1, -0.05) is 42.5 Å². The van der Waals surface area contributed by atoms with Crippen molar-refractivity contribution in [2.24, 2.45) is 0 Å². The number of cyclic esters (lactones) is 1. The first-order chi connectivity index (χ1) is 10.0. The third-order valence-corrected chi connectivity index (χ3v) is 3.47. The zero-order valence-electron chi connectivity index (χ0n) is 12.1. The molecular weight excluding hydrogens is 268 g/mol. The van der Waals surface area contributed by atoms with Crippen LogP contribution in [0.1, 0.15) is 24.8 Å². The second-order valence-corrected chi connectivity index (χ2v) is 5.04. The largest absolute Gasteiger partial charge is 0.466 e. The lowest BCUT2D eigenvalue weighted by molar-refractivity contribution is -0.155. The molecule has 1 heterocycles. The van der Waals surface area contributed by atoms with Crippen molar-refractivity contribution in [2.45, 2.75) is 24.9 Å². The van der Waals surface area contributed by atoms with Crippen molar-refractivity contribution in [3.8, 4) is 0 Å². The number of esters is 2. The van der Waals surface area contributed by atoms with Crippen LogP contribution < -0.4 is 0 Å². The highest BCUT2D eigenvalue weighted by atomic mass is 16.6. The van der Waals surface area contributed by atoms with E-state index in [0.717, 1.165) is 5.56 Å². The summed E-state index contributed by atoms with van der Waals surface area (Å²) in [7, 11) is 1.33. The van der Waals surface area contributed by atoms with Gasteiger partial charge in [-0.2, -0.15) is 0 Å². The van der Waals surface area contributed by atoms with E-state index >= 15 is 0 Å². The van der Waals surface area contributed by atoms with Gasteiger partial charge in [0.2, 0.25) is 0 Å². The molecule has 0 fully saturated rings. The standard InChI is InChI=1S/C17H18O4/c1-17(12-6-9-16(19)21-17)14(10-11-15(18)20-2)13-7-4-3-5-8-13/h3-8,10-12,14H,9H2,1-2H3/b11-10+/t14-,17+/m0/s1. The lowest BCUT2D eigenvalue weighted by atomic mass is 9.81. The van der Waals surface area contributed by atoms with Crippen molar-refractivity contribution in [1.29, 1.82) is 0 Å². The molecule has 4 heteroatoms. The number of hydrogen-bond acceptors (Lipinski definition) is 4. The van der Waals surface area contributed by atoms with Crippen LogP contribution in [0.25, 0.3) is 0 Å². The minimum atomic E-state index is -0.818. The first kappa shape index (κ1) is 15.0. The first-order valence-corrected chi connectivity index (χ1v) is 6.76. The zero-order valence-corrected chi connectivity index (χ0v) is 12.1. The summed E-state index contributed by atoms with van der Waals surface area (Å²) in [6, 6.07) is 9.61. The van der Waals surface area contributed by atoms with Gasteiger partial charge in [-0.15, -0.1) is 0 Å². The second-order valence-electron chi connectivity index (χ2n) is 5.04. The Hall–Kier alpha value is -2.36. The van der Waals surface area contributed by atoms with Crippen molar-refractivity contribution in [2.75, 3.05) is 7.11 Å². The van der Waals surface area contributed by atoms with Crippen molar-refractivity contribution < 1.29 is 19.1 Å². The van der Waals surface area contributed by atoms with E-state index in [1.165, 1.54) is 13.2 Å². The molecule has 1 aromatic rings. The van der Waals surface area contributed by atoms with Crippen LogP contribution in [0.5, 0.6) is 0 Å². The molecule has 0 aromatic heterocycles. The predicted octanol–water partition coefficient (Wildman–Crippen LogP) is 2.76. The number of carbonyl (C=O) groups excluding carboxylic acids is 2. The minimum Gasteiger partial charge on any atom is -0.466 e. The molecule has 0 N–H and O–H groups in total. The Labute approximate surface area is 124 Å². The van der Waals surface area contributed by atoms with E-state index in [1.807, 2.05) is 43.3 Å². The summed E-state index contributed by atoms with van der Waals surface area (Å²) in [6.45, 7) is 1.83. The first-order valence-electron chi connectivity index (χ1n) is 6.76. The quantitative estimate of drug-likeness (QED) is 0.485. The van der Waals surface area contributed by atoms with E-state index in [2.05, 4.69) is 4.74 Å². The molecule has 0 bridgehead atoms. The molecule has 2 rings (SSSR count). The lowest BCUT2D eigenvalue weighted by Gasteiger charge is -2.35. The summed E-state index contributed by atoms with van der Waals surface area (Å²) >= 11 is 0. The summed E-state index contributed by atoms with van der Waals surface area (Å²) in [6.07, 6.45) is 7.02. The van der Waals surface area contributed by atoms with Crippen LogP contribution >= 0.6 is 0 Å². The van der Waals surface area contributed by atoms with Crippen LogP contribution in [0.4, 0.5) is 0 Å². The molecule has 1 aromatic carbocycles. The van der Waals surface area contributed by atoms with Gasteiger partial charge >= 0.3 is 11.9 Å². The molecule has 0 saturated carbocycles. The molecule has 1 aliphatic rings. The molecule has 0 aliphatic carbocycles. The van der Waals surface area contributed by atoms with Gasteiger partial charge in [0, 0.05) is 12.0 Å². The fraction of sp³-hybridized carbons (Fsp3) is 0.294. The molecule has 0 spiro atoms. The Kier molecular flexibility index (Phi) is 4.58. The van der Waals surface area contributed by atoms with Gasteiger partial charge in [-0.05, 0) is 18.6 Å². The smallest absolute Gasteiger partial charge is 0.330 e. The number of carbonyl (C=O) groups is 2. The molecule has 110 valence electrons. The number of ether oxygens (including phenoxy) is 2. The fourth-order valence-electron chi connectivity index (χ4n) is 2.41. The van der Waals surface area contributed by atoms with Crippen molar-refractivity contribution >= 4 is 11.9 Å². The van der Waals surface area contributed by atoms with Crippen LogP contribution in [-0.4, -0.2) is 24.6 Å². The van der Waals surface area contributed by atoms with Crippen LogP contribution in [0, 0.1) is 0 Å². The maximum Gasteiger partial charge on any atom is 0.330 e. The highest BCUT2D eigenvalue weighted by Crippen LogP contribution is 2.36. The summed E-state index contributed by atoms with van der Waals surface area (Å²) in [4.78, 5) is 23.0. The summed E-state index contributed by atoms with van der Waals surface area (Å²) in [5, 5.41) is 0. The Balaban J connectivity index is 2.38. The Morgan fingerprint density at radius 3 is 2.71 bits per heavy atom. The van der Waals surface area contributed by atoms with Gasteiger partial charge in [0.15, 0.2) is 0 Å². The molecule has 4 nitrogen and oxygen atoms in total. The van der Waals surface area contributed by atoms with E-state index in [4.69, 9.17) is 4.74 Å². The van der Waals surface area contributed by atoms with Crippen LogP contribution in [0.3, 0.4) is 0 Å². The molecule has 2 atom stereocenters. The van der Waals surface area contributed by atoms with Gasteiger partial charge in [0.1, 0.15) is 5.60 Å². The topological polar surface area (TPSA) is 52.6 Å². The molecule has 21 heavy (non-hydrogen) atoms. The maximum atomic E-state index is 11.6. The molecular formula is C17H18O4. The Morgan fingerprint density at radius 1 is 1.38 bits per heavy atom. The predicted molar refractivity (Wildman–Crippen MR) is 78.6 cm³/mol. The third-order valence-electron chi connectivity index (χ3n) is 3.47. The van der Waals surface area contributed by atoms with Gasteiger partial charge in [0.05, 0.1) is 13.5 Å². The fourth-order valence-corrected chi connectivity index (χ4v) is 2.41.